The van der Waals surface area contributed by atoms with Crippen LogP contribution in [0.25, 0.3) is 11.4 Å². The van der Waals surface area contributed by atoms with Crippen LogP contribution >= 0.6 is 23.4 Å². The molecule has 0 unspecified atom stereocenters. The molecule has 0 N–H and O–H groups in total. The summed E-state index contributed by atoms with van der Waals surface area (Å²) in [4.78, 5) is 0. The molecule has 4 rings (SSSR count). The van der Waals surface area contributed by atoms with Gasteiger partial charge in [0, 0.05) is 10.6 Å². The largest absolute Gasteiger partial charge is 0.497 e. The van der Waals surface area contributed by atoms with Crippen LogP contribution in [0.4, 0.5) is 0 Å². The molecular formula is C18H15ClN4OS. The van der Waals surface area contributed by atoms with Gasteiger partial charge in [0.1, 0.15) is 5.75 Å². The van der Waals surface area contributed by atoms with E-state index < -0.39 is 0 Å². The molecule has 25 heavy (non-hydrogen) atoms. The number of thioether (sulfide) groups is 1. The monoisotopic (exact) mass is 370 g/mol. The molecule has 1 aliphatic rings. The molecule has 0 bridgehead atoms. The summed E-state index contributed by atoms with van der Waals surface area (Å²) in [5.74, 6) is 1.51. The SMILES string of the molecule is COc1ccc(-c2nnc3n2N=C(c2ccc(Cl)cc2)[C@@H](C)S3)cc1. The lowest BCUT2D eigenvalue weighted by molar-refractivity contribution is 0.415. The predicted molar refractivity (Wildman–Crippen MR) is 101 cm³/mol. The molecule has 0 spiro atoms. The fraction of sp³-hybridized carbons (Fsp3) is 0.167. The van der Waals surface area contributed by atoms with Crippen LogP contribution in [-0.4, -0.2) is 32.9 Å². The quantitative estimate of drug-likeness (QED) is 0.687. The molecule has 0 saturated carbocycles. The fourth-order valence-electron chi connectivity index (χ4n) is 2.67. The standard InChI is InChI=1S/C18H15ClN4OS/c1-11-16(12-3-7-14(19)8-4-12)22-23-17(20-21-18(23)25-11)13-5-9-15(24-2)10-6-13/h3-11H,1-2H3/t11-/m1/s1. The van der Waals surface area contributed by atoms with Crippen LogP contribution in [0.15, 0.2) is 58.8 Å². The fourth-order valence-corrected chi connectivity index (χ4v) is 3.72. The molecular weight excluding hydrogens is 356 g/mol. The van der Waals surface area contributed by atoms with Gasteiger partial charge in [-0.2, -0.15) is 9.78 Å². The van der Waals surface area contributed by atoms with Crippen molar-refractivity contribution >= 4 is 29.1 Å². The molecule has 0 amide bonds. The first-order valence-corrected chi connectivity index (χ1v) is 9.03. The lowest BCUT2D eigenvalue weighted by Gasteiger charge is -2.20. The zero-order valence-electron chi connectivity index (χ0n) is 13.7. The Hall–Kier alpha value is -2.31. The number of aromatic nitrogens is 3. The minimum atomic E-state index is 0.182. The van der Waals surface area contributed by atoms with Gasteiger partial charge in [-0.1, -0.05) is 35.5 Å². The van der Waals surface area contributed by atoms with Crippen LogP contribution in [0.1, 0.15) is 12.5 Å². The van der Waals surface area contributed by atoms with Gasteiger partial charge in [0.15, 0.2) is 5.82 Å². The number of hydrogen-bond donors (Lipinski definition) is 0. The maximum atomic E-state index is 6.00. The van der Waals surface area contributed by atoms with Crippen molar-refractivity contribution in [3.63, 3.8) is 0 Å². The number of nitrogens with zero attached hydrogens (tertiary/aromatic N) is 4. The van der Waals surface area contributed by atoms with Gasteiger partial charge in [-0.3, -0.25) is 0 Å². The van der Waals surface area contributed by atoms with Gasteiger partial charge >= 0.3 is 0 Å². The van der Waals surface area contributed by atoms with Crippen LogP contribution in [-0.2, 0) is 0 Å². The Morgan fingerprint density at radius 3 is 2.36 bits per heavy atom. The van der Waals surface area contributed by atoms with E-state index in [4.69, 9.17) is 21.4 Å². The Bertz CT molecular complexity index is 935. The van der Waals surface area contributed by atoms with Crippen molar-refractivity contribution in [2.24, 2.45) is 5.10 Å². The van der Waals surface area contributed by atoms with Gasteiger partial charge < -0.3 is 4.74 Å². The third-order valence-electron chi connectivity index (χ3n) is 3.98. The lowest BCUT2D eigenvalue weighted by atomic mass is 10.1. The molecule has 3 aromatic rings. The highest BCUT2D eigenvalue weighted by Crippen LogP contribution is 2.33. The molecule has 1 aromatic heterocycles. The smallest absolute Gasteiger partial charge is 0.213 e. The molecule has 0 radical (unpaired) electrons. The molecule has 126 valence electrons. The normalized spacial score (nSPS) is 16.3. The van der Waals surface area contributed by atoms with Gasteiger partial charge in [-0.15, -0.1) is 10.2 Å². The van der Waals surface area contributed by atoms with Crippen molar-refractivity contribution in [1.29, 1.82) is 0 Å². The van der Waals surface area contributed by atoms with Gasteiger partial charge in [0.25, 0.3) is 0 Å². The number of ether oxygens (including phenoxy) is 1. The number of benzene rings is 2. The van der Waals surface area contributed by atoms with E-state index in [-0.39, 0.29) is 5.25 Å². The Labute approximate surface area is 154 Å². The van der Waals surface area contributed by atoms with E-state index in [1.54, 1.807) is 23.5 Å². The minimum absolute atomic E-state index is 0.182. The van der Waals surface area contributed by atoms with Crippen molar-refractivity contribution in [1.82, 2.24) is 14.9 Å². The van der Waals surface area contributed by atoms with Crippen molar-refractivity contribution < 1.29 is 4.74 Å². The van der Waals surface area contributed by atoms with Gasteiger partial charge in [-0.25, -0.2) is 0 Å². The number of fused-ring (bicyclic) bond motifs is 1. The molecule has 1 atom stereocenters. The summed E-state index contributed by atoms with van der Waals surface area (Å²) in [6.07, 6.45) is 0. The van der Waals surface area contributed by atoms with E-state index in [1.807, 2.05) is 48.5 Å². The second-order valence-electron chi connectivity index (χ2n) is 5.60. The average molecular weight is 371 g/mol. The first-order valence-electron chi connectivity index (χ1n) is 7.77. The summed E-state index contributed by atoms with van der Waals surface area (Å²) < 4.78 is 7.01. The van der Waals surface area contributed by atoms with Crippen LogP contribution in [0.2, 0.25) is 5.02 Å². The van der Waals surface area contributed by atoms with Crippen LogP contribution < -0.4 is 4.74 Å². The Balaban J connectivity index is 1.78. The Morgan fingerprint density at radius 2 is 1.68 bits per heavy atom. The van der Waals surface area contributed by atoms with Gasteiger partial charge in [0.05, 0.1) is 18.1 Å². The van der Waals surface area contributed by atoms with Crippen molar-refractivity contribution in [2.45, 2.75) is 17.3 Å². The highest BCUT2D eigenvalue weighted by molar-refractivity contribution is 8.00. The number of methoxy groups -OCH3 is 1. The highest BCUT2D eigenvalue weighted by Gasteiger charge is 2.26. The van der Waals surface area contributed by atoms with Crippen LogP contribution in [0.3, 0.4) is 0 Å². The number of hydrogen-bond acceptors (Lipinski definition) is 5. The van der Waals surface area contributed by atoms with E-state index in [0.29, 0.717) is 10.8 Å². The zero-order chi connectivity index (χ0) is 17.4. The van der Waals surface area contributed by atoms with Gasteiger partial charge in [-0.05, 0) is 48.9 Å². The highest BCUT2D eigenvalue weighted by atomic mass is 35.5. The first-order chi connectivity index (χ1) is 12.2. The average Bonchev–Trinajstić information content (AvgIpc) is 3.04. The molecule has 1 aliphatic heterocycles. The molecule has 0 saturated heterocycles. The summed E-state index contributed by atoms with van der Waals surface area (Å²) in [5.41, 5.74) is 2.96. The third kappa shape index (κ3) is 3.03. The van der Waals surface area contributed by atoms with Crippen molar-refractivity contribution in [2.75, 3.05) is 7.11 Å². The van der Waals surface area contributed by atoms with Crippen LogP contribution in [0.5, 0.6) is 5.75 Å². The summed E-state index contributed by atoms with van der Waals surface area (Å²) in [7, 11) is 1.65. The van der Waals surface area contributed by atoms with E-state index in [1.165, 1.54) is 0 Å². The van der Waals surface area contributed by atoms with E-state index in [0.717, 1.165) is 27.7 Å². The first kappa shape index (κ1) is 16.2. The molecule has 5 nitrogen and oxygen atoms in total. The summed E-state index contributed by atoms with van der Waals surface area (Å²) in [6, 6.07) is 15.4. The van der Waals surface area contributed by atoms with E-state index in [9.17, 15) is 0 Å². The molecule has 2 aromatic carbocycles. The zero-order valence-corrected chi connectivity index (χ0v) is 15.3. The lowest BCUT2D eigenvalue weighted by Crippen LogP contribution is -2.21. The van der Waals surface area contributed by atoms with Crippen molar-refractivity contribution in [3.8, 4) is 17.1 Å². The number of halogens is 1. The molecule has 2 heterocycles. The second-order valence-corrected chi connectivity index (χ2v) is 7.34. The summed E-state index contributed by atoms with van der Waals surface area (Å²) in [5, 5.41) is 15.1. The maximum Gasteiger partial charge on any atom is 0.213 e. The third-order valence-corrected chi connectivity index (χ3v) is 5.27. The second kappa shape index (κ2) is 6.54. The predicted octanol–water partition coefficient (Wildman–Crippen LogP) is 4.35. The molecule has 0 aliphatic carbocycles. The summed E-state index contributed by atoms with van der Waals surface area (Å²) in [6.45, 7) is 2.11. The Kier molecular flexibility index (Phi) is 4.23. The number of rotatable bonds is 3. The Morgan fingerprint density at radius 1 is 1.00 bits per heavy atom. The molecule has 7 heteroatoms. The maximum absolute atomic E-state index is 6.00. The van der Waals surface area contributed by atoms with Gasteiger partial charge in [0.2, 0.25) is 5.16 Å². The van der Waals surface area contributed by atoms with E-state index in [2.05, 4.69) is 17.1 Å². The topological polar surface area (TPSA) is 52.3 Å². The summed E-state index contributed by atoms with van der Waals surface area (Å²) >= 11 is 7.64. The minimum Gasteiger partial charge on any atom is -0.497 e. The molecule has 0 fully saturated rings. The van der Waals surface area contributed by atoms with Crippen molar-refractivity contribution in [3.05, 3.63) is 59.1 Å². The van der Waals surface area contributed by atoms with Crippen LogP contribution in [0, 0.1) is 0 Å². The van der Waals surface area contributed by atoms with E-state index >= 15 is 0 Å².